The molecule has 0 bridgehead atoms. The molecule has 5 aromatic carbocycles. The highest BCUT2D eigenvalue weighted by atomic mass is 16.5. The lowest BCUT2D eigenvalue weighted by Gasteiger charge is -2.29. The minimum atomic E-state index is 0.610. The first-order valence-corrected chi connectivity index (χ1v) is 18.4. The molecule has 3 heterocycles. The van der Waals surface area contributed by atoms with Crippen molar-refractivity contribution in [1.29, 1.82) is 0 Å². The van der Waals surface area contributed by atoms with Crippen LogP contribution in [0.15, 0.2) is 109 Å². The maximum atomic E-state index is 6.58. The Balaban J connectivity index is 1.15. The smallest absolute Gasteiger partial charge is 0.145 e. The molecular weight excluding hydrogens is 599 g/mol. The molecule has 0 amide bonds. The van der Waals surface area contributed by atoms with Crippen molar-refractivity contribution in [1.82, 2.24) is 14.4 Å². The molecule has 0 unspecified atom stereocenters. The zero-order chi connectivity index (χ0) is 32.3. The van der Waals surface area contributed by atoms with Gasteiger partial charge in [0.15, 0.2) is 0 Å². The zero-order valence-electron chi connectivity index (χ0n) is 27.9. The van der Waals surface area contributed by atoms with Crippen molar-refractivity contribution in [2.45, 2.75) is 76.0 Å². The Morgan fingerprint density at radius 3 is 1.94 bits per heavy atom. The molecule has 0 aliphatic heterocycles. The molecule has 1 N–H and O–H groups in total. The van der Waals surface area contributed by atoms with Gasteiger partial charge in [0.1, 0.15) is 17.1 Å². The monoisotopic (exact) mass is 639 g/mol. The normalized spacial score (nSPS) is 16.4. The summed E-state index contributed by atoms with van der Waals surface area (Å²) in [5.41, 5.74) is 10.2. The lowest BCUT2D eigenvalue weighted by molar-refractivity contribution is 0.436. The van der Waals surface area contributed by atoms with Crippen LogP contribution in [0.25, 0.3) is 60.4 Å². The molecular formula is C45H41N3O. The molecule has 4 heteroatoms. The first-order chi connectivity index (χ1) is 24.3. The van der Waals surface area contributed by atoms with Gasteiger partial charge < -0.3 is 9.72 Å². The number of H-pyrrole nitrogens is 1. The van der Waals surface area contributed by atoms with Crippen LogP contribution in [0.1, 0.15) is 87.2 Å². The van der Waals surface area contributed by atoms with Crippen LogP contribution >= 0.6 is 0 Å². The Bertz CT molecular complexity index is 2470. The number of ether oxygens (including phenoxy) is 1. The van der Waals surface area contributed by atoms with Crippen LogP contribution in [0.5, 0.6) is 11.5 Å². The number of imidazole rings is 1. The van der Waals surface area contributed by atoms with Crippen molar-refractivity contribution in [3.05, 3.63) is 120 Å². The van der Waals surface area contributed by atoms with E-state index in [1.165, 1.54) is 103 Å². The number of aromatic amines is 1. The molecule has 4 nitrogen and oxygen atoms in total. The highest BCUT2D eigenvalue weighted by Gasteiger charge is 2.27. The van der Waals surface area contributed by atoms with Gasteiger partial charge in [-0.2, -0.15) is 0 Å². The van der Waals surface area contributed by atoms with E-state index in [0.717, 1.165) is 33.6 Å². The Morgan fingerprint density at radius 2 is 1.18 bits per heavy atom. The summed E-state index contributed by atoms with van der Waals surface area (Å²) in [4.78, 5) is 8.82. The standard InChI is InChI=1S/C45H41N3O/c1-3-12-29(13-4-1)33-18-11-19-34(30-14-5-2-6-15-30)44(33)43-28-46-45-39-26-31(22-24-35(39)38-17-8-10-21-42(38)48(43)45)49-32-23-25-37-36-16-7-9-20-40(36)47-41(37)27-32/h7-11,16-30,47H,1-6,12-15H2. The van der Waals surface area contributed by atoms with E-state index in [4.69, 9.17) is 9.72 Å². The fourth-order valence-electron chi connectivity index (χ4n) is 9.29. The lowest BCUT2D eigenvalue weighted by atomic mass is 9.76. The second kappa shape index (κ2) is 11.8. The highest BCUT2D eigenvalue weighted by molar-refractivity contribution is 6.13. The van der Waals surface area contributed by atoms with Gasteiger partial charge in [-0.1, -0.05) is 93.1 Å². The third-order valence-corrected chi connectivity index (χ3v) is 11.6. The Morgan fingerprint density at radius 1 is 0.551 bits per heavy atom. The van der Waals surface area contributed by atoms with Gasteiger partial charge in [-0.25, -0.2) is 4.98 Å². The molecule has 0 spiro atoms. The molecule has 3 aromatic heterocycles. The molecule has 2 aliphatic carbocycles. The van der Waals surface area contributed by atoms with Crippen LogP contribution in [0, 0.1) is 0 Å². The quantitative estimate of drug-likeness (QED) is 0.190. The Kier molecular flexibility index (Phi) is 6.96. The number of nitrogens with one attached hydrogen (secondary N) is 1. The van der Waals surface area contributed by atoms with E-state index in [1.807, 2.05) is 0 Å². The number of pyridine rings is 1. The predicted octanol–water partition coefficient (Wildman–Crippen LogP) is 12.8. The van der Waals surface area contributed by atoms with Crippen LogP contribution in [0.3, 0.4) is 0 Å². The number of fused-ring (bicyclic) bond motifs is 9. The lowest BCUT2D eigenvalue weighted by Crippen LogP contribution is -2.12. The predicted molar refractivity (Wildman–Crippen MR) is 203 cm³/mol. The van der Waals surface area contributed by atoms with Crippen LogP contribution in [-0.2, 0) is 0 Å². The molecule has 0 radical (unpaired) electrons. The van der Waals surface area contributed by atoms with Gasteiger partial charge in [-0.15, -0.1) is 0 Å². The van der Waals surface area contributed by atoms with Crippen molar-refractivity contribution >= 4 is 49.1 Å². The van der Waals surface area contributed by atoms with E-state index in [2.05, 4.69) is 119 Å². The summed E-state index contributed by atoms with van der Waals surface area (Å²) in [7, 11) is 0. The third-order valence-electron chi connectivity index (χ3n) is 11.6. The molecule has 49 heavy (non-hydrogen) atoms. The van der Waals surface area contributed by atoms with Gasteiger partial charge in [0.2, 0.25) is 0 Å². The van der Waals surface area contributed by atoms with Crippen molar-refractivity contribution < 1.29 is 4.74 Å². The first-order valence-electron chi connectivity index (χ1n) is 18.4. The average Bonchev–Trinajstić information content (AvgIpc) is 3.77. The van der Waals surface area contributed by atoms with Crippen LogP contribution in [0.4, 0.5) is 0 Å². The summed E-state index contributed by atoms with van der Waals surface area (Å²) >= 11 is 0. The van der Waals surface area contributed by atoms with Gasteiger partial charge >= 0.3 is 0 Å². The maximum absolute atomic E-state index is 6.58. The fourth-order valence-corrected chi connectivity index (χ4v) is 9.29. The molecule has 0 atom stereocenters. The SMILES string of the molecule is c1cc(C2CCCCC2)c(-c2cnc3c4cc(Oc5ccc6c(c5)[nH]c5ccccc56)ccc4c4ccccc4n23)c(C2CCCCC2)c1. The van der Waals surface area contributed by atoms with E-state index in [9.17, 15) is 0 Å². The average molecular weight is 640 g/mol. The highest BCUT2D eigenvalue weighted by Crippen LogP contribution is 2.46. The summed E-state index contributed by atoms with van der Waals surface area (Å²) in [5, 5.41) is 6.00. The zero-order valence-corrected chi connectivity index (χ0v) is 27.9. The fraction of sp³-hybridized carbons (Fsp3) is 0.267. The molecule has 0 saturated heterocycles. The summed E-state index contributed by atoms with van der Waals surface area (Å²) in [6.07, 6.45) is 15.3. The summed E-state index contributed by atoms with van der Waals surface area (Å²) in [5.74, 6) is 2.85. The van der Waals surface area contributed by atoms with E-state index in [1.54, 1.807) is 11.1 Å². The van der Waals surface area contributed by atoms with Gasteiger partial charge in [-0.05, 0) is 96.5 Å². The number of hydrogen-bond acceptors (Lipinski definition) is 2. The van der Waals surface area contributed by atoms with Crippen molar-refractivity contribution in [3.63, 3.8) is 0 Å². The van der Waals surface area contributed by atoms with Gasteiger partial charge in [0, 0.05) is 38.7 Å². The van der Waals surface area contributed by atoms with Gasteiger partial charge in [-0.3, -0.25) is 4.40 Å². The number of para-hydroxylation sites is 2. The number of nitrogens with zero attached hydrogens (tertiary/aromatic N) is 2. The van der Waals surface area contributed by atoms with E-state index in [-0.39, 0.29) is 0 Å². The van der Waals surface area contributed by atoms with E-state index >= 15 is 0 Å². The van der Waals surface area contributed by atoms with E-state index in [0.29, 0.717) is 11.8 Å². The van der Waals surface area contributed by atoms with Gasteiger partial charge in [0.25, 0.3) is 0 Å². The largest absolute Gasteiger partial charge is 0.457 e. The van der Waals surface area contributed by atoms with Crippen LogP contribution < -0.4 is 4.74 Å². The minimum absolute atomic E-state index is 0.610. The number of rotatable bonds is 5. The Labute approximate surface area is 286 Å². The molecule has 10 rings (SSSR count). The maximum Gasteiger partial charge on any atom is 0.145 e. The van der Waals surface area contributed by atoms with Crippen molar-refractivity contribution in [2.24, 2.45) is 0 Å². The third kappa shape index (κ3) is 4.83. The molecule has 2 saturated carbocycles. The topological polar surface area (TPSA) is 42.3 Å². The van der Waals surface area contributed by atoms with Gasteiger partial charge in [0.05, 0.1) is 22.9 Å². The van der Waals surface area contributed by atoms with Crippen LogP contribution in [-0.4, -0.2) is 14.4 Å². The first kappa shape index (κ1) is 28.9. The molecule has 8 aromatic rings. The molecule has 2 aliphatic rings. The Hall–Kier alpha value is -5.09. The number of aromatic nitrogens is 3. The molecule has 242 valence electrons. The van der Waals surface area contributed by atoms with Crippen LogP contribution in [0.2, 0.25) is 0 Å². The second-order valence-electron chi connectivity index (χ2n) is 14.5. The van der Waals surface area contributed by atoms with Crippen molar-refractivity contribution in [3.8, 4) is 22.8 Å². The minimum Gasteiger partial charge on any atom is -0.457 e. The van der Waals surface area contributed by atoms with Crippen molar-refractivity contribution in [2.75, 3.05) is 0 Å². The molecule has 2 fully saturated rings. The summed E-state index contributed by atoms with van der Waals surface area (Å²) in [6.45, 7) is 0. The summed E-state index contributed by atoms with van der Waals surface area (Å²) in [6, 6.07) is 37.4. The summed E-state index contributed by atoms with van der Waals surface area (Å²) < 4.78 is 9.05. The second-order valence-corrected chi connectivity index (χ2v) is 14.5. The number of benzene rings is 5. The van der Waals surface area contributed by atoms with E-state index < -0.39 is 0 Å². The number of hydrogen-bond donors (Lipinski definition) is 1.